The van der Waals surface area contributed by atoms with E-state index in [1.165, 1.54) is 0 Å². The minimum atomic E-state index is -1.75. The summed E-state index contributed by atoms with van der Waals surface area (Å²) < 4.78 is 0.795. The highest BCUT2D eigenvalue weighted by Gasteiger charge is 2.60. The molecule has 2 saturated heterocycles. The average molecular weight is 394 g/mol. The number of fused-ring (bicyclic) bond motifs is 3. The molecule has 0 radical (unpaired) electrons. The van der Waals surface area contributed by atoms with Gasteiger partial charge in [0.15, 0.2) is 0 Å². The Kier molecular flexibility index (Phi) is 3.29. The van der Waals surface area contributed by atoms with Crippen LogP contribution in [-0.4, -0.2) is 47.9 Å². The van der Waals surface area contributed by atoms with Crippen LogP contribution in [0.3, 0.4) is 0 Å². The molecule has 0 spiro atoms. The summed E-state index contributed by atoms with van der Waals surface area (Å²) in [6, 6.07) is 5.37. The zero-order valence-electron chi connectivity index (χ0n) is 13.6. The first-order valence-corrected chi connectivity index (χ1v) is 8.83. The number of benzene rings is 1. The Morgan fingerprint density at radius 2 is 1.79 bits per heavy atom. The number of carbonyl (C=O) groups is 2. The van der Waals surface area contributed by atoms with Crippen molar-refractivity contribution in [1.82, 2.24) is 10.2 Å². The van der Waals surface area contributed by atoms with Crippen LogP contribution < -0.4 is 10.6 Å². The van der Waals surface area contributed by atoms with Crippen molar-refractivity contribution >= 4 is 33.3 Å². The number of ketones is 1. The molecule has 2 fully saturated rings. The molecule has 0 aliphatic carbocycles. The van der Waals surface area contributed by atoms with Gasteiger partial charge < -0.3 is 15.7 Å². The highest BCUT2D eigenvalue weighted by atomic mass is 79.9. The Bertz CT molecular complexity index is 747. The van der Waals surface area contributed by atoms with Crippen LogP contribution in [-0.2, 0) is 15.3 Å². The molecule has 7 heteroatoms. The van der Waals surface area contributed by atoms with Crippen molar-refractivity contribution in [3.8, 4) is 0 Å². The Hall–Kier alpha value is -1.28. The lowest BCUT2D eigenvalue weighted by Gasteiger charge is -2.54. The summed E-state index contributed by atoms with van der Waals surface area (Å²) in [4.78, 5) is 27.3. The number of halogens is 1. The number of carbonyl (C=O) groups excluding carboxylic acids is 2. The average Bonchev–Trinajstić information content (AvgIpc) is 2.75. The zero-order chi connectivity index (χ0) is 17.3. The van der Waals surface area contributed by atoms with Gasteiger partial charge in [0.25, 0.3) is 5.91 Å². The van der Waals surface area contributed by atoms with Crippen LogP contribution in [0.5, 0.6) is 0 Å². The van der Waals surface area contributed by atoms with Crippen molar-refractivity contribution < 1.29 is 14.7 Å². The van der Waals surface area contributed by atoms with E-state index >= 15 is 0 Å². The summed E-state index contributed by atoms with van der Waals surface area (Å²) in [6.07, 6.45) is 0. The largest absolute Gasteiger partial charge is 0.364 e. The Morgan fingerprint density at radius 3 is 2.42 bits per heavy atom. The highest BCUT2D eigenvalue weighted by Crippen LogP contribution is 2.47. The minimum absolute atomic E-state index is 0.210. The van der Waals surface area contributed by atoms with Gasteiger partial charge in [0.1, 0.15) is 5.78 Å². The predicted octanol–water partition coefficient (Wildman–Crippen LogP) is 1.05. The van der Waals surface area contributed by atoms with Gasteiger partial charge in [-0.05, 0) is 18.2 Å². The smallest absolute Gasteiger partial charge is 0.276 e. The number of amides is 1. The molecule has 3 N–H and O–H groups in total. The molecular weight excluding hydrogens is 374 g/mol. The minimum Gasteiger partial charge on any atom is -0.364 e. The van der Waals surface area contributed by atoms with Crippen molar-refractivity contribution in [1.29, 1.82) is 0 Å². The lowest BCUT2D eigenvalue weighted by molar-refractivity contribution is -0.185. The molecule has 3 atom stereocenters. The Labute approximate surface area is 148 Å². The first-order valence-electron chi connectivity index (χ1n) is 8.04. The maximum Gasteiger partial charge on any atom is 0.276 e. The molecular formula is C17H20BrN3O3. The molecule has 4 rings (SSSR count). The fourth-order valence-electron chi connectivity index (χ4n) is 4.45. The SMILES string of the molecule is C[C@]12CNC[C@](C)(CN([C@]3(O)C(=O)Nc4ccc(Br)cc43)C1)C2=O. The van der Waals surface area contributed by atoms with Gasteiger partial charge in [0.05, 0.1) is 10.8 Å². The Balaban J connectivity index is 1.81. The van der Waals surface area contributed by atoms with E-state index < -0.39 is 22.5 Å². The number of likely N-dealkylation sites (tertiary alicyclic amines) is 1. The number of rotatable bonds is 1. The monoisotopic (exact) mass is 393 g/mol. The maximum absolute atomic E-state index is 12.8. The van der Waals surface area contributed by atoms with Crippen molar-refractivity contribution in [2.45, 2.75) is 19.6 Å². The van der Waals surface area contributed by atoms with Gasteiger partial charge in [-0.1, -0.05) is 29.8 Å². The standard InChI is InChI=1S/C17H20BrN3O3/c1-15-6-19-7-16(2,13(15)22)9-21(8-15)17(24)11-5-10(18)3-4-12(11)20-14(17)23/h3-5,19,24H,6-9H2,1-2H3,(H,20,23)/t15-,16+,17-/m1/s1. The molecule has 2 bridgehead atoms. The highest BCUT2D eigenvalue weighted by molar-refractivity contribution is 9.10. The van der Waals surface area contributed by atoms with E-state index in [-0.39, 0.29) is 5.78 Å². The third-order valence-electron chi connectivity index (χ3n) is 5.59. The van der Waals surface area contributed by atoms with Crippen LogP contribution in [0.25, 0.3) is 0 Å². The van der Waals surface area contributed by atoms with E-state index in [1.54, 1.807) is 17.0 Å². The summed E-state index contributed by atoms with van der Waals surface area (Å²) in [6.45, 7) is 5.60. The second-order valence-corrected chi connectivity index (χ2v) is 8.64. The first-order chi connectivity index (χ1) is 11.2. The van der Waals surface area contributed by atoms with Gasteiger partial charge in [-0.25, -0.2) is 0 Å². The summed E-state index contributed by atoms with van der Waals surface area (Å²) in [5, 5.41) is 17.5. The van der Waals surface area contributed by atoms with Crippen molar-refractivity contribution in [3.05, 3.63) is 28.2 Å². The molecule has 1 amide bonds. The number of aliphatic hydroxyl groups is 1. The quantitative estimate of drug-likeness (QED) is 0.664. The number of Topliss-reactive ketones (excluding diaryl/α,β-unsaturated/α-hetero) is 1. The number of anilines is 1. The van der Waals surface area contributed by atoms with E-state index in [0.29, 0.717) is 37.4 Å². The summed E-state index contributed by atoms with van der Waals surface area (Å²) in [5.74, 6) is -0.246. The van der Waals surface area contributed by atoms with Gasteiger partial charge in [-0.15, -0.1) is 0 Å². The van der Waals surface area contributed by atoms with Crippen LogP contribution in [0.2, 0.25) is 0 Å². The van der Waals surface area contributed by atoms with E-state index in [4.69, 9.17) is 0 Å². The van der Waals surface area contributed by atoms with Gasteiger partial charge in [-0.3, -0.25) is 14.5 Å². The lowest BCUT2D eigenvalue weighted by atomic mass is 9.64. The van der Waals surface area contributed by atoms with E-state index in [0.717, 1.165) is 4.47 Å². The van der Waals surface area contributed by atoms with Crippen molar-refractivity contribution in [2.75, 3.05) is 31.5 Å². The molecule has 24 heavy (non-hydrogen) atoms. The summed E-state index contributed by atoms with van der Waals surface area (Å²) in [5.41, 5.74) is -1.83. The predicted molar refractivity (Wildman–Crippen MR) is 92.3 cm³/mol. The molecule has 3 aliphatic rings. The van der Waals surface area contributed by atoms with Crippen molar-refractivity contribution in [3.63, 3.8) is 0 Å². The summed E-state index contributed by atoms with van der Waals surface area (Å²) >= 11 is 3.41. The maximum atomic E-state index is 12.8. The van der Waals surface area contributed by atoms with E-state index in [1.807, 2.05) is 19.9 Å². The Morgan fingerprint density at radius 1 is 1.17 bits per heavy atom. The topological polar surface area (TPSA) is 81.7 Å². The van der Waals surface area contributed by atoms with Crippen LogP contribution in [0.15, 0.2) is 22.7 Å². The number of hydrogen-bond donors (Lipinski definition) is 3. The first kappa shape index (κ1) is 16.2. The molecule has 3 aliphatic heterocycles. The molecule has 1 aromatic carbocycles. The lowest BCUT2D eigenvalue weighted by Crippen LogP contribution is -2.71. The van der Waals surface area contributed by atoms with Gasteiger partial charge in [0.2, 0.25) is 5.72 Å². The second-order valence-electron chi connectivity index (χ2n) is 7.73. The molecule has 0 aromatic heterocycles. The van der Waals surface area contributed by atoms with E-state index in [9.17, 15) is 14.7 Å². The number of hydrogen-bond acceptors (Lipinski definition) is 5. The van der Waals surface area contributed by atoms with Crippen LogP contribution in [0.1, 0.15) is 19.4 Å². The molecule has 128 valence electrons. The molecule has 0 unspecified atom stereocenters. The fourth-order valence-corrected chi connectivity index (χ4v) is 4.81. The van der Waals surface area contributed by atoms with Gasteiger partial charge in [-0.2, -0.15) is 0 Å². The summed E-state index contributed by atoms with van der Waals surface area (Å²) in [7, 11) is 0. The van der Waals surface area contributed by atoms with Crippen LogP contribution in [0, 0.1) is 10.8 Å². The second kappa shape index (κ2) is 4.88. The third-order valence-corrected chi connectivity index (χ3v) is 6.08. The third kappa shape index (κ3) is 1.98. The fraction of sp³-hybridized carbons (Fsp3) is 0.529. The van der Waals surface area contributed by atoms with Crippen LogP contribution in [0.4, 0.5) is 5.69 Å². The van der Waals surface area contributed by atoms with Crippen LogP contribution >= 0.6 is 15.9 Å². The zero-order valence-corrected chi connectivity index (χ0v) is 15.2. The normalized spacial score (nSPS) is 38.8. The number of nitrogens with zero attached hydrogens (tertiary/aromatic N) is 1. The number of piperidine rings is 2. The van der Waals surface area contributed by atoms with Crippen molar-refractivity contribution in [2.24, 2.45) is 10.8 Å². The molecule has 3 heterocycles. The van der Waals surface area contributed by atoms with E-state index in [2.05, 4.69) is 26.6 Å². The van der Waals surface area contributed by atoms with Gasteiger partial charge >= 0.3 is 0 Å². The molecule has 0 saturated carbocycles. The molecule has 1 aromatic rings. The molecule has 6 nitrogen and oxygen atoms in total. The van der Waals surface area contributed by atoms with Gasteiger partial charge in [0, 0.05) is 41.9 Å². The number of nitrogens with one attached hydrogen (secondary N) is 2.